The first-order valence-corrected chi connectivity index (χ1v) is 11.7. The van der Waals surface area contributed by atoms with Crippen LogP contribution in [0.4, 0.5) is 0 Å². The molecule has 0 N–H and O–H groups in total. The zero-order chi connectivity index (χ0) is 22.6. The highest BCUT2D eigenvalue weighted by molar-refractivity contribution is 7.98. The van der Waals surface area contributed by atoms with Crippen molar-refractivity contribution in [1.82, 2.24) is 14.5 Å². The maximum absolute atomic E-state index is 13.0. The minimum atomic E-state index is -0.116. The number of para-hydroxylation sites is 1. The highest BCUT2D eigenvalue weighted by Gasteiger charge is 2.11. The van der Waals surface area contributed by atoms with Gasteiger partial charge in [0.1, 0.15) is 6.61 Å². The summed E-state index contributed by atoms with van der Waals surface area (Å²) in [6, 6.07) is 25.2. The summed E-state index contributed by atoms with van der Waals surface area (Å²) >= 11 is 1.67. The second-order valence-electron chi connectivity index (χ2n) is 7.49. The monoisotopic (exact) mass is 451 g/mol. The molecule has 6 heteroatoms. The third kappa shape index (κ3) is 4.52. The number of hydrogen-bond acceptors (Lipinski definition) is 5. The SMILES string of the molecule is CSc1ccc(-n2ccc(COc3ccc4ccccc4n3)cc2=O)c(-c2ccncc2)c1. The van der Waals surface area contributed by atoms with Gasteiger partial charge in [-0.25, -0.2) is 4.98 Å². The van der Waals surface area contributed by atoms with E-state index in [0.29, 0.717) is 5.88 Å². The molecule has 33 heavy (non-hydrogen) atoms. The van der Waals surface area contributed by atoms with Crippen LogP contribution in [0.5, 0.6) is 5.88 Å². The molecule has 2 aromatic carbocycles. The van der Waals surface area contributed by atoms with Crippen LogP contribution in [0.3, 0.4) is 0 Å². The Labute approximate surface area is 195 Å². The first kappa shape index (κ1) is 21.0. The summed E-state index contributed by atoms with van der Waals surface area (Å²) < 4.78 is 7.52. The van der Waals surface area contributed by atoms with Gasteiger partial charge in [0.05, 0.1) is 11.2 Å². The van der Waals surface area contributed by atoms with Crippen LogP contribution >= 0.6 is 11.8 Å². The summed E-state index contributed by atoms with van der Waals surface area (Å²) in [5.74, 6) is 0.533. The number of aromatic nitrogens is 3. The Hall–Kier alpha value is -3.90. The molecule has 5 aromatic rings. The van der Waals surface area contributed by atoms with Crippen LogP contribution < -0.4 is 10.3 Å². The van der Waals surface area contributed by atoms with E-state index in [-0.39, 0.29) is 12.2 Å². The average molecular weight is 452 g/mol. The van der Waals surface area contributed by atoms with Crippen molar-refractivity contribution in [3.63, 3.8) is 0 Å². The number of fused-ring (bicyclic) bond motifs is 1. The third-order valence-electron chi connectivity index (χ3n) is 5.40. The molecular weight excluding hydrogens is 430 g/mol. The van der Waals surface area contributed by atoms with Crippen molar-refractivity contribution < 1.29 is 4.74 Å². The zero-order valence-electron chi connectivity index (χ0n) is 18.0. The lowest BCUT2D eigenvalue weighted by molar-refractivity contribution is 0.294. The molecule has 0 aliphatic heterocycles. The molecule has 3 aromatic heterocycles. The number of rotatable bonds is 6. The maximum Gasteiger partial charge on any atom is 0.255 e. The fourth-order valence-corrected chi connectivity index (χ4v) is 4.15. The summed E-state index contributed by atoms with van der Waals surface area (Å²) in [5.41, 5.74) is 4.37. The molecule has 3 heterocycles. The van der Waals surface area contributed by atoms with Gasteiger partial charge < -0.3 is 4.74 Å². The number of nitrogens with zero attached hydrogens (tertiary/aromatic N) is 3. The maximum atomic E-state index is 13.0. The van der Waals surface area contributed by atoms with E-state index in [0.717, 1.165) is 38.2 Å². The van der Waals surface area contributed by atoms with Crippen LogP contribution in [0.15, 0.2) is 107 Å². The number of pyridine rings is 3. The predicted molar refractivity (Wildman–Crippen MR) is 133 cm³/mol. The predicted octanol–water partition coefficient (Wildman–Crippen LogP) is 5.75. The van der Waals surface area contributed by atoms with E-state index in [1.807, 2.05) is 73.0 Å². The van der Waals surface area contributed by atoms with Crippen LogP contribution in [0.2, 0.25) is 0 Å². The Morgan fingerprint density at radius 3 is 2.61 bits per heavy atom. The molecule has 5 rings (SSSR count). The Morgan fingerprint density at radius 1 is 0.939 bits per heavy atom. The quantitative estimate of drug-likeness (QED) is 0.308. The van der Waals surface area contributed by atoms with Gasteiger partial charge in [-0.2, -0.15) is 0 Å². The standard InChI is InChI=1S/C27H21N3O2S/c1-33-22-7-8-25(23(17-22)20-10-13-28-14-11-20)30-15-12-19(16-27(30)31)18-32-26-9-6-21-4-2-3-5-24(21)29-26/h2-17H,18H2,1H3. The van der Waals surface area contributed by atoms with Crippen LogP contribution in [-0.4, -0.2) is 20.8 Å². The summed E-state index contributed by atoms with van der Waals surface area (Å²) in [6.45, 7) is 0.268. The minimum absolute atomic E-state index is 0.116. The molecule has 0 bridgehead atoms. The Bertz CT molecular complexity index is 1480. The zero-order valence-corrected chi connectivity index (χ0v) is 18.8. The molecule has 0 amide bonds. The van der Waals surface area contributed by atoms with Crippen molar-refractivity contribution in [2.24, 2.45) is 0 Å². The average Bonchev–Trinajstić information content (AvgIpc) is 2.87. The lowest BCUT2D eigenvalue weighted by Crippen LogP contribution is -2.18. The first-order valence-electron chi connectivity index (χ1n) is 10.5. The summed E-state index contributed by atoms with van der Waals surface area (Å²) in [4.78, 5) is 22.8. The van der Waals surface area contributed by atoms with Crippen LogP contribution in [0.25, 0.3) is 27.7 Å². The number of benzene rings is 2. The number of thioether (sulfide) groups is 1. The normalized spacial score (nSPS) is 10.9. The fraction of sp³-hybridized carbons (Fsp3) is 0.0741. The van der Waals surface area contributed by atoms with E-state index in [4.69, 9.17) is 4.74 Å². The molecule has 0 atom stereocenters. The van der Waals surface area contributed by atoms with Crippen molar-refractivity contribution in [3.8, 4) is 22.7 Å². The van der Waals surface area contributed by atoms with Gasteiger partial charge in [0, 0.05) is 46.6 Å². The van der Waals surface area contributed by atoms with E-state index >= 15 is 0 Å². The van der Waals surface area contributed by atoms with Crippen molar-refractivity contribution in [2.45, 2.75) is 11.5 Å². The van der Waals surface area contributed by atoms with Gasteiger partial charge in [0.25, 0.3) is 5.56 Å². The topological polar surface area (TPSA) is 57.0 Å². The van der Waals surface area contributed by atoms with Gasteiger partial charge in [-0.15, -0.1) is 11.8 Å². The molecule has 0 radical (unpaired) electrons. The molecule has 0 aliphatic rings. The number of hydrogen-bond donors (Lipinski definition) is 0. The fourth-order valence-electron chi connectivity index (χ4n) is 3.71. The lowest BCUT2D eigenvalue weighted by atomic mass is 10.0. The molecule has 0 aliphatic carbocycles. The van der Waals surface area contributed by atoms with Crippen LogP contribution in [0, 0.1) is 0 Å². The summed E-state index contributed by atoms with van der Waals surface area (Å²) in [6.07, 6.45) is 7.36. The van der Waals surface area contributed by atoms with Gasteiger partial charge in [0.2, 0.25) is 5.88 Å². The van der Waals surface area contributed by atoms with Gasteiger partial charge in [0.15, 0.2) is 0 Å². The second-order valence-corrected chi connectivity index (χ2v) is 8.37. The van der Waals surface area contributed by atoms with Gasteiger partial charge >= 0.3 is 0 Å². The minimum Gasteiger partial charge on any atom is -0.473 e. The van der Waals surface area contributed by atoms with Crippen molar-refractivity contribution in [1.29, 1.82) is 0 Å². The van der Waals surface area contributed by atoms with E-state index in [1.54, 1.807) is 41.0 Å². The van der Waals surface area contributed by atoms with Crippen LogP contribution in [0.1, 0.15) is 5.56 Å². The molecule has 0 unspecified atom stereocenters. The molecule has 0 saturated heterocycles. The summed E-state index contributed by atoms with van der Waals surface area (Å²) in [7, 11) is 0. The second kappa shape index (κ2) is 9.30. The molecular formula is C27H21N3O2S. The van der Waals surface area contributed by atoms with Gasteiger partial charge in [-0.3, -0.25) is 14.3 Å². The Morgan fingerprint density at radius 2 is 1.79 bits per heavy atom. The molecule has 5 nitrogen and oxygen atoms in total. The molecule has 0 saturated carbocycles. The largest absolute Gasteiger partial charge is 0.473 e. The summed E-state index contributed by atoms with van der Waals surface area (Å²) in [5, 5.41) is 1.06. The van der Waals surface area contributed by atoms with E-state index in [2.05, 4.69) is 16.0 Å². The highest BCUT2D eigenvalue weighted by Crippen LogP contribution is 2.30. The number of ether oxygens (including phenoxy) is 1. The third-order valence-corrected chi connectivity index (χ3v) is 6.12. The molecule has 0 fully saturated rings. The van der Waals surface area contributed by atoms with E-state index in [1.165, 1.54) is 0 Å². The van der Waals surface area contributed by atoms with Gasteiger partial charge in [-0.1, -0.05) is 18.2 Å². The van der Waals surface area contributed by atoms with E-state index in [9.17, 15) is 4.79 Å². The van der Waals surface area contributed by atoms with E-state index < -0.39 is 0 Å². The van der Waals surface area contributed by atoms with Gasteiger partial charge in [-0.05, 0) is 65.9 Å². The smallest absolute Gasteiger partial charge is 0.255 e. The first-order chi connectivity index (χ1) is 16.2. The molecule has 0 spiro atoms. The Kier molecular flexibility index (Phi) is 5.91. The van der Waals surface area contributed by atoms with Crippen molar-refractivity contribution in [2.75, 3.05) is 6.26 Å². The highest BCUT2D eigenvalue weighted by atomic mass is 32.2. The molecule has 162 valence electrons. The van der Waals surface area contributed by atoms with Crippen LogP contribution in [-0.2, 0) is 6.61 Å². The Balaban J connectivity index is 1.43. The van der Waals surface area contributed by atoms with Crippen molar-refractivity contribution >= 4 is 22.7 Å². The lowest BCUT2D eigenvalue weighted by Gasteiger charge is -2.14. The van der Waals surface area contributed by atoms with Crippen molar-refractivity contribution in [3.05, 3.63) is 113 Å².